The van der Waals surface area contributed by atoms with Crippen LogP contribution < -0.4 is 4.90 Å². The van der Waals surface area contributed by atoms with Crippen LogP contribution in [-0.4, -0.2) is 37.4 Å². The van der Waals surface area contributed by atoms with Gasteiger partial charge in [0.25, 0.3) is 0 Å². The maximum absolute atomic E-state index is 13.8. The summed E-state index contributed by atoms with van der Waals surface area (Å²) < 4.78 is 14.6. The van der Waals surface area contributed by atoms with Crippen LogP contribution in [0, 0.1) is 19.7 Å². The molecule has 0 bridgehead atoms. The van der Waals surface area contributed by atoms with Crippen molar-refractivity contribution in [2.45, 2.75) is 20.4 Å². The van der Waals surface area contributed by atoms with E-state index in [-0.39, 0.29) is 5.82 Å². The fourth-order valence-corrected chi connectivity index (χ4v) is 3.55. The van der Waals surface area contributed by atoms with E-state index in [1.807, 2.05) is 5.01 Å². The number of piperazine rings is 1. The quantitative estimate of drug-likeness (QED) is 0.776. The molecular formula is C20H24BrFN3+. The highest BCUT2D eigenvalue weighted by molar-refractivity contribution is 9.10. The molecule has 0 atom stereocenters. The van der Waals surface area contributed by atoms with Gasteiger partial charge in [0, 0.05) is 15.6 Å². The Morgan fingerprint density at radius 1 is 1.16 bits per heavy atom. The molecule has 0 saturated carbocycles. The molecule has 25 heavy (non-hydrogen) atoms. The fraction of sp³-hybridized carbons (Fsp3) is 0.350. The highest BCUT2D eigenvalue weighted by atomic mass is 79.9. The SMILES string of the molecule is Cc1ccc(C[NH+]2CCN(/N=C\c3cc(Br)ccc3F)CC2)c(C)c1. The Morgan fingerprint density at radius 3 is 2.64 bits per heavy atom. The van der Waals surface area contributed by atoms with Crippen molar-refractivity contribution >= 4 is 22.1 Å². The van der Waals surface area contributed by atoms with Crippen LogP contribution in [0.2, 0.25) is 0 Å². The summed E-state index contributed by atoms with van der Waals surface area (Å²) in [4.78, 5) is 1.58. The Kier molecular flexibility index (Phi) is 5.86. The summed E-state index contributed by atoms with van der Waals surface area (Å²) in [5, 5.41) is 6.49. The summed E-state index contributed by atoms with van der Waals surface area (Å²) in [6, 6.07) is 11.6. The Labute approximate surface area is 157 Å². The van der Waals surface area contributed by atoms with Crippen molar-refractivity contribution in [3.63, 3.8) is 0 Å². The van der Waals surface area contributed by atoms with E-state index in [2.05, 4.69) is 53.1 Å². The smallest absolute Gasteiger partial charge is 0.132 e. The summed E-state index contributed by atoms with van der Waals surface area (Å²) in [6.07, 6.45) is 1.62. The summed E-state index contributed by atoms with van der Waals surface area (Å²) in [7, 11) is 0. The summed E-state index contributed by atoms with van der Waals surface area (Å²) in [5.74, 6) is -0.244. The first-order valence-electron chi connectivity index (χ1n) is 8.65. The molecule has 1 N–H and O–H groups in total. The van der Waals surface area contributed by atoms with Crippen molar-refractivity contribution in [2.24, 2.45) is 5.10 Å². The van der Waals surface area contributed by atoms with Gasteiger partial charge in [0.2, 0.25) is 0 Å². The number of hydrazone groups is 1. The highest BCUT2D eigenvalue weighted by Crippen LogP contribution is 2.14. The second-order valence-electron chi connectivity index (χ2n) is 6.72. The minimum atomic E-state index is -0.244. The van der Waals surface area contributed by atoms with E-state index in [4.69, 9.17) is 0 Å². The lowest BCUT2D eigenvalue weighted by Gasteiger charge is -2.30. The van der Waals surface area contributed by atoms with Gasteiger partial charge in [0.15, 0.2) is 0 Å². The zero-order chi connectivity index (χ0) is 17.8. The molecule has 0 aliphatic carbocycles. The Morgan fingerprint density at radius 2 is 1.92 bits per heavy atom. The maximum atomic E-state index is 13.8. The number of hydrogen-bond acceptors (Lipinski definition) is 2. The molecule has 3 nitrogen and oxygen atoms in total. The topological polar surface area (TPSA) is 20.0 Å². The number of benzene rings is 2. The minimum Gasteiger partial charge on any atom is -0.328 e. The highest BCUT2D eigenvalue weighted by Gasteiger charge is 2.19. The summed E-state index contributed by atoms with van der Waals surface area (Å²) >= 11 is 3.37. The van der Waals surface area contributed by atoms with Gasteiger partial charge in [-0.05, 0) is 37.6 Å². The standard InChI is InChI=1S/C20H23BrFN3/c1-15-3-4-17(16(2)11-15)14-24-7-9-25(10-8-24)23-13-18-12-19(21)5-6-20(18)22/h3-6,11-13H,7-10,14H2,1-2H3/p+1/b23-13-. The number of aryl methyl sites for hydroxylation is 2. The van der Waals surface area contributed by atoms with Crippen molar-refractivity contribution in [1.29, 1.82) is 0 Å². The molecule has 2 aromatic carbocycles. The number of quaternary nitrogens is 1. The Bertz CT molecular complexity index is 768. The molecular weight excluding hydrogens is 381 g/mol. The van der Waals surface area contributed by atoms with Gasteiger partial charge in [0.1, 0.15) is 12.4 Å². The van der Waals surface area contributed by atoms with Crippen LogP contribution in [0.1, 0.15) is 22.3 Å². The third-order valence-electron chi connectivity index (χ3n) is 4.70. The monoisotopic (exact) mass is 404 g/mol. The predicted molar refractivity (Wildman–Crippen MR) is 104 cm³/mol. The molecule has 1 aliphatic heterocycles. The number of rotatable bonds is 4. The van der Waals surface area contributed by atoms with Crippen LogP contribution in [0.5, 0.6) is 0 Å². The summed E-state index contributed by atoms with van der Waals surface area (Å²) in [6.45, 7) is 9.27. The van der Waals surface area contributed by atoms with E-state index in [1.54, 1.807) is 23.2 Å². The van der Waals surface area contributed by atoms with Crippen LogP contribution in [0.3, 0.4) is 0 Å². The van der Waals surface area contributed by atoms with Gasteiger partial charge in [-0.2, -0.15) is 5.10 Å². The van der Waals surface area contributed by atoms with E-state index >= 15 is 0 Å². The lowest BCUT2D eigenvalue weighted by molar-refractivity contribution is -0.918. The average Bonchev–Trinajstić information content (AvgIpc) is 2.59. The third kappa shape index (κ3) is 4.89. The van der Waals surface area contributed by atoms with Crippen molar-refractivity contribution in [2.75, 3.05) is 26.2 Å². The van der Waals surface area contributed by atoms with Crippen molar-refractivity contribution in [3.8, 4) is 0 Å². The van der Waals surface area contributed by atoms with E-state index in [9.17, 15) is 4.39 Å². The zero-order valence-corrected chi connectivity index (χ0v) is 16.3. The minimum absolute atomic E-state index is 0.244. The second kappa shape index (κ2) is 8.11. The molecule has 3 rings (SSSR count). The third-order valence-corrected chi connectivity index (χ3v) is 5.20. The van der Waals surface area contributed by atoms with Crippen LogP contribution >= 0.6 is 15.9 Å². The van der Waals surface area contributed by atoms with E-state index in [1.165, 1.54) is 22.8 Å². The number of hydrogen-bond donors (Lipinski definition) is 1. The largest absolute Gasteiger partial charge is 0.328 e. The molecule has 1 saturated heterocycles. The van der Waals surface area contributed by atoms with Gasteiger partial charge in [-0.25, -0.2) is 4.39 Å². The molecule has 1 fully saturated rings. The molecule has 2 aromatic rings. The normalized spacial score (nSPS) is 15.9. The molecule has 0 aromatic heterocycles. The van der Waals surface area contributed by atoms with Gasteiger partial charge in [-0.1, -0.05) is 39.7 Å². The molecule has 5 heteroatoms. The second-order valence-corrected chi connectivity index (χ2v) is 7.64. The van der Waals surface area contributed by atoms with Crippen molar-refractivity contribution in [1.82, 2.24) is 5.01 Å². The van der Waals surface area contributed by atoms with Gasteiger partial charge < -0.3 is 4.90 Å². The maximum Gasteiger partial charge on any atom is 0.132 e. The summed E-state index contributed by atoms with van der Waals surface area (Å²) in [5.41, 5.74) is 4.63. The molecule has 0 amide bonds. The van der Waals surface area contributed by atoms with Gasteiger partial charge in [-0.15, -0.1) is 0 Å². The Balaban J connectivity index is 1.55. The van der Waals surface area contributed by atoms with Crippen molar-refractivity contribution < 1.29 is 9.29 Å². The van der Waals surface area contributed by atoms with Gasteiger partial charge >= 0.3 is 0 Å². The van der Waals surface area contributed by atoms with E-state index < -0.39 is 0 Å². The first kappa shape index (κ1) is 18.1. The molecule has 0 radical (unpaired) electrons. The number of nitrogens with one attached hydrogen (secondary N) is 1. The molecule has 0 spiro atoms. The van der Waals surface area contributed by atoms with E-state index in [0.29, 0.717) is 5.56 Å². The lowest BCUT2D eigenvalue weighted by Crippen LogP contribution is -3.13. The molecule has 1 heterocycles. The number of halogens is 2. The fourth-order valence-electron chi connectivity index (χ4n) is 3.17. The van der Waals surface area contributed by atoms with Crippen LogP contribution in [0.25, 0.3) is 0 Å². The van der Waals surface area contributed by atoms with Crippen LogP contribution in [0.15, 0.2) is 46.0 Å². The van der Waals surface area contributed by atoms with Crippen LogP contribution in [0.4, 0.5) is 4.39 Å². The lowest BCUT2D eigenvalue weighted by atomic mass is 10.1. The molecule has 0 unspecified atom stereocenters. The average molecular weight is 405 g/mol. The van der Waals surface area contributed by atoms with E-state index in [0.717, 1.165) is 37.2 Å². The molecule has 1 aliphatic rings. The predicted octanol–water partition coefficient (Wildman–Crippen LogP) is 2.94. The number of nitrogens with zero attached hydrogens (tertiary/aromatic N) is 2. The Hall–Kier alpha value is -1.72. The first-order chi connectivity index (χ1) is 12.0. The molecule has 132 valence electrons. The zero-order valence-electron chi connectivity index (χ0n) is 14.7. The van der Waals surface area contributed by atoms with Gasteiger partial charge in [0.05, 0.1) is 32.4 Å². The first-order valence-corrected chi connectivity index (χ1v) is 9.44. The van der Waals surface area contributed by atoms with Crippen molar-refractivity contribution in [3.05, 3.63) is 68.9 Å². The van der Waals surface area contributed by atoms with Gasteiger partial charge in [-0.3, -0.25) is 5.01 Å². The van der Waals surface area contributed by atoms with Crippen LogP contribution in [-0.2, 0) is 6.54 Å².